The van der Waals surface area contributed by atoms with Crippen LogP contribution < -0.4 is 0 Å². The molecule has 0 aliphatic carbocycles. The predicted molar refractivity (Wildman–Crippen MR) is 300 cm³/mol. The third-order valence-corrected chi connectivity index (χ3v) is 12.1. The van der Waals surface area contributed by atoms with Crippen LogP contribution in [-0.4, -0.2) is 28.4 Å². The van der Waals surface area contributed by atoms with Crippen molar-refractivity contribution in [3.05, 3.63) is 239 Å². The standard InChI is InChI=1S/C42H44F2N2.C8H9NO2.C7H6BNO2.C2H6.C2H4/c1-11-13-16-32-19-20-33(23-31(32)12-2)37-27(6)40(45-29(37)8)39(36-25(4)21-24(3)22-26(36)5)41-28(7)38(30(9)46-41)34-17-14-15-18-35(34)42(10,43)44;1-2-7-3-5-8(6-4-7)9(10)11;8-5-6-1-3-7(4-2-6)9(10)11;2*1-2/h11,13-23,45H,1,12H2,2-10H3;3-6H,2H2,1H3;1-4H,5H2;1-2H3;1-2H2/b16-13-,41-39-;;;;. The van der Waals surface area contributed by atoms with Crippen molar-refractivity contribution in [1.82, 2.24) is 4.98 Å². The molecule has 0 saturated carbocycles. The van der Waals surface area contributed by atoms with Crippen LogP contribution in [0.5, 0.6) is 0 Å². The van der Waals surface area contributed by atoms with Gasteiger partial charge < -0.3 is 4.98 Å². The molecule has 1 aliphatic heterocycles. The van der Waals surface area contributed by atoms with Gasteiger partial charge in [-0.1, -0.05) is 149 Å². The molecule has 11 heteroatoms. The molecule has 2 heterocycles. The summed E-state index contributed by atoms with van der Waals surface area (Å²) in [5.74, 6) is -2.99. The van der Waals surface area contributed by atoms with Crippen LogP contribution in [0.15, 0.2) is 151 Å². The number of nitrogens with zero attached hydrogens (tertiary/aromatic N) is 3. The molecule has 0 fully saturated rings. The van der Waals surface area contributed by atoms with E-state index in [1.807, 2.05) is 46.8 Å². The molecule has 0 spiro atoms. The van der Waals surface area contributed by atoms with Crippen molar-refractivity contribution in [3.63, 3.8) is 0 Å². The predicted octanol–water partition coefficient (Wildman–Crippen LogP) is 17.1. The maximum atomic E-state index is 14.9. The summed E-state index contributed by atoms with van der Waals surface area (Å²) < 4.78 is 29.7. The van der Waals surface area contributed by atoms with Gasteiger partial charge in [-0.15, -0.1) is 13.2 Å². The van der Waals surface area contributed by atoms with Gasteiger partial charge in [0.1, 0.15) is 0 Å². The lowest BCUT2D eigenvalue weighted by Gasteiger charge is -2.19. The monoisotopic (exact) mass is 971 g/mol. The molecule has 2 radical (unpaired) electrons. The highest BCUT2D eigenvalue weighted by Crippen LogP contribution is 2.46. The minimum absolute atomic E-state index is 0.0108. The third kappa shape index (κ3) is 14.3. The molecule has 1 N–H and O–H groups in total. The van der Waals surface area contributed by atoms with Crippen LogP contribution in [0.4, 0.5) is 20.2 Å². The van der Waals surface area contributed by atoms with Crippen LogP contribution in [-0.2, 0) is 25.1 Å². The summed E-state index contributed by atoms with van der Waals surface area (Å²) in [6.45, 7) is 33.6. The Morgan fingerprint density at radius 3 is 1.81 bits per heavy atom. The largest absolute Gasteiger partial charge is 0.358 e. The van der Waals surface area contributed by atoms with Crippen LogP contribution in [0.1, 0.15) is 121 Å². The van der Waals surface area contributed by atoms with Gasteiger partial charge in [-0.25, -0.2) is 8.78 Å². The number of rotatable bonds is 12. The first-order chi connectivity index (χ1) is 34.2. The number of aromatic nitrogens is 1. The molecule has 7 rings (SSSR count). The summed E-state index contributed by atoms with van der Waals surface area (Å²) in [5.41, 5.74) is 19.6. The summed E-state index contributed by atoms with van der Waals surface area (Å²) >= 11 is 0. The number of aliphatic imine (C=N–C) groups is 1. The number of alkyl halides is 2. The van der Waals surface area contributed by atoms with E-state index < -0.39 is 10.8 Å². The third-order valence-electron chi connectivity index (χ3n) is 12.1. The average molecular weight is 971 g/mol. The van der Waals surface area contributed by atoms with Gasteiger partial charge in [0.25, 0.3) is 17.3 Å². The highest BCUT2D eigenvalue weighted by Gasteiger charge is 2.33. The van der Waals surface area contributed by atoms with Gasteiger partial charge in [0, 0.05) is 64.9 Å². The fraction of sp³-hybridized carbons (Fsp3) is 0.262. The number of aromatic amines is 1. The van der Waals surface area contributed by atoms with Crippen molar-refractivity contribution >= 4 is 42.2 Å². The Hall–Kier alpha value is -7.53. The van der Waals surface area contributed by atoms with Crippen molar-refractivity contribution < 1.29 is 18.6 Å². The minimum atomic E-state index is -2.99. The van der Waals surface area contributed by atoms with Crippen molar-refractivity contribution in [1.29, 1.82) is 0 Å². The van der Waals surface area contributed by atoms with Gasteiger partial charge in [0.15, 0.2) is 0 Å². The smallest absolute Gasteiger partial charge is 0.271 e. The Morgan fingerprint density at radius 1 is 0.778 bits per heavy atom. The number of benzene rings is 5. The average Bonchev–Trinajstić information content (AvgIpc) is 3.83. The second kappa shape index (κ2) is 27.2. The van der Waals surface area contributed by atoms with Crippen LogP contribution >= 0.6 is 0 Å². The molecule has 6 aromatic rings. The lowest BCUT2D eigenvalue weighted by Crippen LogP contribution is -2.12. The van der Waals surface area contributed by atoms with E-state index in [0.29, 0.717) is 11.9 Å². The first-order valence-corrected chi connectivity index (χ1v) is 24.1. The molecule has 5 aromatic carbocycles. The lowest BCUT2D eigenvalue weighted by atomic mass is 9.86. The van der Waals surface area contributed by atoms with Crippen molar-refractivity contribution in [3.8, 4) is 11.1 Å². The maximum absolute atomic E-state index is 14.9. The van der Waals surface area contributed by atoms with E-state index >= 15 is 0 Å². The van der Waals surface area contributed by atoms with E-state index in [-0.39, 0.29) is 21.9 Å². The summed E-state index contributed by atoms with van der Waals surface area (Å²) in [5, 5.41) is 20.4. The van der Waals surface area contributed by atoms with Crippen LogP contribution in [0, 0.1) is 54.8 Å². The quantitative estimate of drug-likeness (QED) is 0.0432. The van der Waals surface area contributed by atoms with E-state index in [2.05, 4.69) is 103 Å². The molecule has 1 aliphatic rings. The summed E-state index contributed by atoms with van der Waals surface area (Å²) in [7, 11) is 5.31. The number of nitro groups is 2. The molecule has 0 unspecified atom stereocenters. The van der Waals surface area contributed by atoms with Crippen LogP contribution in [0.25, 0.3) is 28.3 Å². The second-order valence-corrected chi connectivity index (χ2v) is 17.0. The lowest BCUT2D eigenvalue weighted by molar-refractivity contribution is -0.385. The van der Waals surface area contributed by atoms with Crippen molar-refractivity contribution in [2.75, 3.05) is 0 Å². The van der Waals surface area contributed by atoms with E-state index in [1.165, 1.54) is 52.6 Å². The fourth-order valence-electron chi connectivity index (χ4n) is 8.80. The molecule has 8 nitrogen and oxygen atoms in total. The van der Waals surface area contributed by atoms with E-state index in [9.17, 15) is 29.0 Å². The molecule has 0 amide bonds. The number of H-pyrrole nitrogens is 1. The van der Waals surface area contributed by atoms with E-state index in [0.717, 1.165) is 98.2 Å². The molecule has 0 bridgehead atoms. The number of hydrogen-bond acceptors (Lipinski definition) is 5. The van der Waals surface area contributed by atoms with Gasteiger partial charge in [0.2, 0.25) is 0 Å². The Balaban J connectivity index is 0.000000428. The number of allylic oxidation sites excluding steroid dienone is 4. The number of halogens is 2. The topological polar surface area (TPSA) is 114 Å². The zero-order valence-corrected chi connectivity index (χ0v) is 44.1. The Kier molecular flexibility index (Phi) is 22.2. The van der Waals surface area contributed by atoms with E-state index in [4.69, 9.17) is 12.8 Å². The zero-order chi connectivity index (χ0) is 54.0. The van der Waals surface area contributed by atoms with Gasteiger partial charge in [-0.3, -0.25) is 25.2 Å². The van der Waals surface area contributed by atoms with Crippen LogP contribution in [0.2, 0.25) is 0 Å². The Morgan fingerprint density at radius 2 is 1.32 bits per heavy atom. The number of hydrogen-bond donors (Lipinski definition) is 1. The van der Waals surface area contributed by atoms with Crippen molar-refractivity contribution in [2.24, 2.45) is 4.99 Å². The second-order valence-electron chi connectivity index (χ2n) is 17.0. The first kappa shape index (κ1) is 58.8. The first-order valence-electron chi connectivity index (χ1n) is 24.1. The molecule has 1 aromatic heterocycles. The van der Waals surface area contributed by atoms with Gasteiger partial charge in [0.05, 0.1) is 29.1 Å². The minimum Gasteiger partial charge on any atom is -0.358 e. The van der Waals surface area contributed by atoms with Crippen molar-refractivity contribution in [2.45, 2.75) is 108 Å². The molecule has 0 atom stereocenters. The SMILES string of the molecule is C=C.C=C/C=C\c1ccc(-c2c(C)[nH]c(/C(=C3\N=C(C)C(c4ccccc4C(C)(F)F)=C3C)c3c(C)cc(C)cc3C)c2C)cc1CC.CC.CCc1ccc([N+](=O)[O-])cc1.[B]Cc1ccc([N+](=O)[O-])cc1. The Labute approximate surface area is 427 Å². The van der Waals surface area contributed by atoms with E-state index in [1.54, 1.807) is 42.5 Å². The highest BCUT2D eigenvalue weighted by atomic mass is 19.3. The maximum Gasteiger partial charge on any atom is 0.271 e. The fourth-order valence-corrected chi connectivity index (χ4v) is 8.80. The molecular weight excluding hydrogens is 902 g/mol. The number of aryl methyl sites for hydroxylation is 6. The molecule has 0 saturated heterocycles. The number of non-ortho nitro benzene ring substituents is 2. The zero-order valence-electron chi connectivity index (χ0n) is 44.1. The van der Waals surface area contributed by atoms with Gasteiger partial charge in [-0.05, 0) is 117 Å². The van der Waals surface area contributed by atoms with Gasteiger partial charge in [-0.2, -0.15) is 0 Å². The normalized spacial score (nSPS) is 12.5. The summed E-state index contributed by atoms with van der Waals surface area (Å²) in [4.78, 5) is 28.5. The molecule has 72 heavy (non-hydrogen) atoms. The molecule has 374 valence electrons. The van der Waals surface area contributed by atoms with Gasteiger partial charge >= 0.3 is 0 Å². The van der Waals surface area contributed by atoms with Crippen LogP contribution in [0.3, 0.4) is 0 Å². The number of nitrogens with one attached hydrogen (secondary N) is 1. The highest BCUT2D eigenvalue weighted by molar-refractivity contribution is 6.28. The Bertz CT molecular complexity index is 2910. The number of nitro benzene ring substituents is 2. The summed E-state index contributed by atoms with van der Waals surface area (Å²) in [6, 6.07) is 30.7. The molecular formula is C61H69BF2N4O4. The summed E-state index contributed by atoms with van der Waals surface area (Å²) in [6.07, 6.45) is 8.11.